The number of hydrogen-bond donors (Lipinski definition) is 3. The molecule has 42 heavy (non-hydrogen) atoms. The number of halogens is 3. The van der Waals surface area contributed by atoms with Gasteiger partial charge < -0.3 is 16.0 Å². The molecule has 3 amide bonds. The fourth-order valence-corrected chi connectivity index (χ4v) is 5.37. The lowest BCUT2D eigenvalue weighted by Gasteiger charge is -2.16. The third-order valence-corrected chi connectivity index (χ3v) is 8.56. The Hall–Kier alpha value is -3.56. The van der Waals surface area contributed by atoms with Crippen LogP contribution in [0.1, 0.15) is 29.3 Å². The van der Waals surface area contributed by atoms with E-state index in [1.165, 1.54) is 11.8 Å². The highest BCUT2D eigenvalue weighted by Crippen LogP contribution is 2.30. The molecule has 0 saturated heterocycles. The number of carbonyl (C=O) groups is 3. The highest BCUT2D eigenvalue weighted by molar-refractivity contribution is 9.10. The predicted octanol–water partition coefficient (Wildman–Crippen LogP) is 8.67. The van der Waals surface area contributed by atoms with Crippen molar-refractivity contribution in [3.8, 4) is 0 Å². The van der Waals surface area contributed by atoms with Crippen LogP contribution in [0.25, 0.3) is 6.08 Å². The first-order valence-electron chi connectivity index (χ1n) is 12.9. The Labute approximate surface area is 267 Å². The lowest BCUT2D eigenvalue weighted by atomic mass is 10.1. The van der Waals surface area contributed by atoms with E-state index in [1.807, 2.05) is 43.3 Å². The van der Waals surface area contributed by atoms with Crippen molar-refractivity contribution < 1.29 is 14.4 Å². The molecule has 3 N–H and O–H groups in total. The number of anilines is 2. The largest absolute Gasteiger partial charge is 0.325 e. The van der Waals surface area contributed by atoms with Gasteiger partial charge in [0.2, 0.25) is 5.91 Å². The molecule has 0 heterocycles. The van der Waals surface area contributed by atoms with Gasteiger partial charge in [0.05, 0.1) is 15.3 Å². The summed E-state index contributed by atoms with van der Waals surface area (Å²) in [7, 11) is 0. The fraction of sp³-hybridized carbons (Fsp3) is 0.0938. The summed E-state index contributed by atoms with van der Waals surface area (Å²) in [6.07, 6.45) is 2.18. The topological polar surface area (TPSA) is 87.3 Å². The average molecular weight is 683 g/mol. The van der Waals surface area contributed by atoms with Crippen LogP contribution in [0.2, 0.25) is 10.0 Å². The van der Waals surface area contributed by atoms with Crippen molar-refractivity contribution in [2.75, 3.05) is 10.6 Å². The van der Waals surface area contributed by atoms with E-state index in [2.05, 4.69) is 31.9 Å². The summed E-state index contributed by atoms with van der Waals surface area (Å²) in [5, 5.41) is 8.85. The van der Waals surface area contributed by atoms with Crippen molar-refractivity contribution in [2.24, 2.45) is 0 Å². The van der Waals surface area contributed by atoms with Crippen molar-refractivity contribution in [1.82, 2.24) is 5.32 Å². The molecule has 0 aliphatic rings. The summed E-state index contributed by atoms with van der Waals surface area (Å²) in [5.41, 5.74) is 2.31. The Balaban J connectivity index is 1.49. The number of hydrogen-bond acceptors (Lipinski definition) is 4. The molecule has 0 radical (unpaired) electrons. The number of rotatable bonds is 10. The molecule has 4 aromatic rings. The zero-order valence-electron chi connectivity index (χ0n) is 22.4. The van der Waals surface area contributed by atoms with Crippen LogP contribution in [-0.4, -0.2) is 23.0 Å². The van der Waals surface area contributed by atoms with Crippen LogP contribution < -0.4 is 16.0 Å². The Morgan fingerprint density at radius 1 is 0.833 bits per heavy atom. The molecule has 0 saturated carbocycles. The summed E-state index contributed by atoms with van der Waals surface area (Å²) in [6, 6.07) is 28.1. The van der Waals surface area contributed by atoms with Gasteiger partial charge >= 0.3 is 0 Å². The molecule has 1 atom stereocenters. The highest BCUT2D eigenvalue weighted by atomic mass is 79.9. The van der Waals surface area contributed by atoms with E-state index in [0.29, 0.717) is 33.4 Å². The van der Waals surface area contributed by atoms with Gasteiger partial charge in [-0.05, 0) is 78.7 Å². The second kappa shape index (κ2) is 15.1. The third-order valence-electron chi connectivity index (χ3n) is 5.93. The number of amides is 3. The molecule has 4 rings (SSSR count). The van der Waals surface area contributed by atoms with Crippen molar-refractivity contribution >= 4 is 86.1 Å². The summed E-state index contributed by atoms with van der Waals surface area (Å²) >= 11 is 16.8. The first-order valence-corrected chi connectivity index (χ1v) is 15.3. The van der Waals surface area contributed by atoms with E-state index in [0.717, 1.165) is 14.9 Å². The molecular formula is C32H26BrCl2N3O3S. The molecule has 0 fully saturated rings. The van der Waals surface area contributed by atoms with Crippen LogP contribution in [-0.2, 0) is 9.59 Å². The van der Waals surface area contributed by atoms with Crippen molar-refractivity contribution in [3.63, 3.8) is 0 Å². The third kappa shape index (κ3) is 8.97. The molecule has 6 nitrogen and oxygen atoms in total. The number of nitrogens with one attached hydrogen (secondary N) is 3. The molecule has 0 spiro atoms. The Morgan fingerprint density at radius 2 is 1.55 bits per heavy atom. The zero-order valence-corrected chi connectivity index (χ0v) is 26.3. The molecule has 0 bridgehead atoms. The van der Waals surface area contributed by atoms with Crippen LogP contribution in [0.3, 0.4) is 0 Å². The molecular weight excluding hydrogens is 657 g/mol. The van der Waals surface area contributed by atoms with Gasteiger partial charge in [-0.3, -0.25) is 14.4 Å². The van der Waals surface area contributed by atoms with Gasteiger partial charge in [0, 0.05) is 26.3 Å². The van der Waals surface area contributed by atoms with E-state index >= 15 is 0 Å². The quantitative estimate of drug-likeness (QED) is 0.115. The van der Waals surface area contributed by atoms with Crippen molar-refractivity contribution in [3.05, 3.63) is 128 Å². The summed E-state index contributed by atoms with van der Waals surface area (Å²) in [5.74, 6) is -1.08. The average Bonchev–Trinajstić information content (AvgIpc) is 2.99. The van der Waals surface area contributed by atoms with E-state index < -0.39 is 17.1 Å². The molecule has 1 unspecified atom stereocenters. The van der Waals surface area contributed by atoms with Crippen molar-refractivity contribution in [2.45, 2.75) is 23.5 Å². The summed E-state index contributed by atoms with van der Waals surface area (Å²) in [4.78, 5) is 40.1. The molecule has 0 aromatic heterocycles. The lowest BCUT2D eigenvalue weighted by Crippen LogP contribution is -2.30. The van der Waals surface area contributed by atoms with Crippen LogP contribution in [0.15, 0.2) is 112 Å². The standard InChI is InChI=1S/C32H26BrCl2N3O3S/c1-2-29(32(41)37-24-15-16-26(34)27(35)19-24)42-25-10-6-9-23(18-25)36-31(40)28(17-20-11-13-22(33)14-12-20)38-30(39)21-7-4-3-5-8-21/h3-19,29H,2H2,1H3,(H,36,40)(H,37,41)(H,38,39)/b28-17-. The second-order valence-electron chi connectivity index (χ2n) is 9.04. The van der Waals surface area contributed by atoms with Crippen molar-refractivity contribution in [1.29, 1.82) is 0 Å². The van der Waals surface area contributed by atoms with Crippen LogP contribution in [0.4, 0.5) is 11.4 Å². The lowest BCUT2D eigenvalue weighted by molar-refractivity contribution is -0.116. The molecule has 0 aliphatic carbocycles. The van der Waals surface area contributed by atoms with Gasteiger partial charge in [-0.15, -0.1) is 11.8 Å². The maximum absolute atomic E-state index is 13.4. The van der Waals surface area contributed by atoms with Gasteiger partial charge in [-0.1, -0.05) is 82.5 Å². The van der Waals surface area contributed by atoms with Gasteiger partial charge in [0.25, 0.3) is 11.8 Å². The molecule has 214 valence electrons. The Bertz CT molecular complexity index is 1620. The van der Waals surface area contributed by atoms with E-state index in [4.69, 9.17) is 23.2 Å². The molecule has 10 heteroatoms. The van der Waals surface area contributed by atoms with Gasteiger partial charge in [0.15, 0.2) is 0 Å². The first kappa shape index (κ1) is 31.4. The van der Waals surface area contributed by atoms with Crippen LogP contribution in [0.5, 0.6) is 0 Å². The summed E-state index contributed by atoms with van der Waals surface area (Å²) in [6.45, 7) is 1.92. The SMILES string of the molecule is CCC(Sc1cccc(NC(=O)/C(=C/c2ccc(Br)cc2)NC(=O)c2ccccc2)c1)C(=O)Nc1ccc(Cl)c(Cl)c1. The minimum atomic E-state index is -0.492. The normalized spacial score (nSPS) is 11.9. The van der Waals surface area contributed by atoms with Crippen LogP contribution in [0, 0.1) is 0 Å². The second-order valence-corrected chi connectivity index (χ2v) is 12.1. The molecule has 0 aliphatic heterocycles. The maximum Gasteiger partial charge on any atom is 0.272 e. The number of benzene rings is 4. The van der Waals surface area contributed by atoms with E-state index in [1.54, 1.807) is 66.7 Å². The van der Waals surface area contributed by atoms with E-state index in [9.17, 15) is 14.4 Å². The Kier molecular flexibility index (Phi) is 11.3. The fourth-order valence-electron chi connectivity index (χ4n) is 3.80. The molecule has 4 aromatic carbocycles. The monoisotopic (exact) mass is 681 g/mol. The smallest absolute Gasteiger partial charge is 0.272 e. The van der Waals surface area contributed by atoms with E-state index in [-0.39, 0.29) is 11.6 Å². The van der Waals surface area contributed by atoms with Gasteiger partial charge in [0.1, 0.15) is 5.70 Å². The number of thioether (sulfide) groups is 1. The predicted molar refractivity (Wildman–Crippen MR) is 176 cm³/mol. The highest BCUT2D eigenvalue weighted by Gasteiger charge is 2.20. The van der Waals surface area contributed by atoms with Crippen LogP contribution >= 0.6 is 50.9 Å². The van der Waals surface area contributed by atoms with Gasteiger partial charge in [-0.2, -0.15) is 0 Å². The first-order chi connectivity index (χ1) is 20.2. The zero-order chi connectivity index (χ0) is 30.1. The minimum Gasteiger partial charge on any atom is -0.325 e. The van der Waals surface area contributed by atoms with Gasteiger partial charge in [-0.25, -0.2) is 0 Å². The number of carbonyl (C=O) groups excluding carboxylic acids is 3. The maximum atomic E-state index is 13.4. The minimum absolute atomic E-state index is 0.0802. The Morgan fingerprint density at radius 3 is 2.24 bits per heavy atom. The summed E-state index contributed by atoms with van der Waals surface area (Å²) < 4.78 is 0.893.